The van der Waals surface area contributed by atoms with Crippen LogP contribution in [0.5, 0.6) is 0 Å². The molecule has 2 aromatic heterocycles. The van der Waals surface area contributed by atoms with E-state index >= 15 is 0 Å². The van der Waals surface area contributed by atoms with Crippen molar-refractivity contribution in [3.63, 3.8) is 0 Å². The van der Waals surface area contributed by atoms with Gasteiger partial charge in [0.25, 0.3) is 5.88 Å². The molecular weight excluding hydrogens is 336 g/mol. The Labute approximate surface area is 159 Å². The first kappa shape index (κ1) is 17.3. The van der Waals surface area contributed by atoms with Crippen LogP contribution >= 0.6 is 0 Å². The van der Waals surface area contributed by atoms with E-state index in [1.165, 1.54) is 24.0 Å². The number of hydrogen-bond donors (Lipinski definition) is 0. The first-order valence-electron chi connectivity index (χ1n) is 9.14. The number of allylic oxidation sites excluding steroid dienone is 1. The first-order chi connectivity index (χ1) is 12.9. The van der Waals surface area contributed by atoms with Crippen LogP contribution in [0.4, 0.5) is 0 Å². The zero-order valence-corrected chi connectivity index (χ0v) is 15.9. The van der Waals surface area contributed by atoms with E-state index in [0.29, 0.717) is 17.7 Å². The number of aromatic nitrogens is 3. The van der Waals surface area contributed by atoms with E-state index in [2.05, 4.69) is 47.0 Å². The average molecular weight is 358 g/mol. The summed E-state index contributed by atoms with van der Waals surface area (Å²) in [7, 11) is 0. The highest BCUT2D eigenvalue weighted by Gasteiger charge is 2.26. The van der Waals surface area contributed by atoms with Gasteiger partial charge in [-0.05, 0) is 36.0 Å². The zero-order valence-electron chi connectivity index (χ0n) is 15.9. The van der Waals surface area contributed by atoms with Crippen molar-refractivity contribution < 1.29 is 4.42 Å². The third-order valence-corrected chi connectivity index (χ3v) is 4.78. The average Bonchev–Trinajstić information content (AvgIpc) is 3.20. The van der Waals surface area contributed by atoms with Crippen LogP contribution in [0.3, 0.4) is 0 Å². The van der Waals surface area contributed by atoms with Gasteiger partial charge in [-0.3, -0.25) is 0 Å². The Morgan fingerprint density at radius 1 is 1.22 bits per heavy atom. The molecule has 0 radical (unpaired) electrons. The summed E-state index contributed by atoms with van der Waals surface area (Å²) in [5.74, 6) is 1.53. The minimum atomic E-state index is -0.278. The highest BCUT2D eigenvalue weighted by atomic mass is 16.4. The van der Waals surface area contributed by atoms with Gasteiger partial charge in [-0.15, -0.1) is 0 Å². The predicted octanol–water partition coefficient (Wildman–Crippen LogP) is 5.12. The fraction of sp³-hybridized carbons (Fsp3) is 0.318. The van der Waals surface area contributed by atoms with Crippen molar-refractivity contribution in [2.75, 3.05) is 0 Å². The van der Waals surface area contributed by atoms with Crippen molar-refractivity contribution in [2.45, 2.75) is 39.0 Å². The molecule has 0 atom stereocenters. The van der Waals surface area contributed by atoms with Crippen molar-refractivity contribution in [1.82, 2.24) is 14.8 Å². The molecule has 1 aliphatic carbocycles. The molecule has 1 aliphatic rings. The van der Waals surface area contributed by atoms with Crippen LogP contribution in [0.1, 0.15) is 50.8 Å². The Morgan fingerprint density at radius 2 is 1.93 bits per heavy atom. The van der Waals surface area contributed by atoms with Gasteiger partial charge < -0.3 is 4.42 Å². The highest BCUT2D eigenvalue weighted by molar-refractivity contribution is 5.70. The van der Waals surface area contributed by atoms with Gasteiger partial charge in [0.2, 0.25) is 11.6 Å². The summed E-state index contributed by atoms with van der Waals surface area (Å²) in [5.41, 5.74) is 4.20. The van der Waals surface area contributed by atoms with Crippen molar-refractivity contribution in [1.29, 1.82) is 5.26 Å². The summed E-state index contributed by atoms with van der Waals surface area (Å²) in [5, 5.41) is 14.0. The van der Waals surface area contributed by atoms with Crippen LogP contribution in [0, 0.1) is 17.2 Å². The fourth-order valence-corrected chi connectivity index (χ4v) is 2.97. The van der Waals surface area contributed by atoms with E-state index in [1.807, 2.05) is 26.8 Å². The number of oxazole rings is 1. The smallest absolute Gasteiger partial charge is 0.259 e. The van der Waals surface area contributed by atoms with Crippen LogP contribution in [0.25, 0.3) is 22.7 Å². The van der Waals surface area contributed by atoms with Crippen LogP contribution in [0.15, 0.2) is 47.5 Å². The maximum Gasteiger partial charge on any atom is 0.259 e. The third kappa shape index (κ3) is 3.31. The summed E-state index contributed by atoms with van der Waals surface area (Å²) in [6, 6.07) is 12.3. The van der Waals surface area contributed by atoms with Crippen molar-refractivity contribution >= 4 is 5.57 Å². The van der Waals surface area contributed by atoms with Crippen molar-refractivity contribution in [2.24, 2.45) is 5.92 Å². The van der Waals surface area contributed by atoms with Crippen LogP contribution in [-0.2, 0) is 5.41 Å². The van der Waals surface area contributed by atoms with E-state index < -0.39 is 0 Å². The Kier molecular flexibility index (Phi) is 4.00. The Hall–Kier alpha value is -3.13. The molecule has 27 heavy (non-hydrogen) atoms. The number of benzene rings is 1. The molecule has 0 spiro atoms. The number of rotatable bonds is 4. The summed E-state index contributed by atoms with van der Waals surface area (Å²) >= 11 is 0. The maximum atomic E-state index is 9.39. The molecule has 1 fully saturated rings. The van der Waals surface area contributed by atoms with Gasteiger partial charge >= 0.3 is 0 Å². The lowest BCUT2D eigenvalue weighted by Gasteiger charge is -2.11. The van der Waals surface area contributed by atoms with E-state index in [-0.39, 0.29) is 11.1 Å². The molecule has 3 aromatic rings. The zero-order chi connectivity index (χ0) is 19.2. The molecule has 0 N–H and O–H groups in total. The molecule has 0 amide bonds. The second-order valence-electron chi connectivity index (χ2n) is 8.06. The van der Waals surface area contributed by atoms with Gasteiger partial charge in [0.15, 0.2) is 0 Å². The van der Waals surface area contributed by atoms with Gasteiger partial charge in [0.1, 0.15) is 6.07 Å². The standard InChI is InChI=1S/C22H22N4O/c1-14(15-5-6-15)16-7-9-17(10-8-16)18-11-12-26(25-18)20-19(13-23)24-21(27-20)22(2,3)4/h7-12,15H,1,5-6H2,2-4H3. The molecule has 5 heteroatoms. The van der Waals surface area contributed by atoms with Crippen LogP contribution < -0.4 is 0 Å². The summed E-state index contributed by atoms with van der Waals surface area (Å²) in [6.45, 7) is 10.2. The number of nitriles is 1. The largest absolute Gasteiger partial charge is 0.421 e. The molecule has 0 bridgehead atoms. The Morgan fingerprint density at radius 3 is 2.52 bits per heavy atom. The molecular formula is C22H22N4O. The van der Waals surface area contributed by atoms with E-state index in [9.17, 15) is 5.26 Å². The molecule has 2 heterocycles. The molecule has 0 aliphatic heterocycles. The van der Waals surface area contributed by atoms with Gasteiger partial charge in [-0.2, -0.15) is 15.3 Å². The van der Waals surface area contributed by atoms with Gasteiger partial charge in [0.05, 0.1) is 5.69 Å². The molecule has 4 rings (SSSR count). The van der Waals surface area contributed by atoms with Gasteiger partial charge in [-0.25, -0.2) is 4.68 Å². The number of hydrogen-bond acceptors (Lipinski definition) is 4. The van der Waals surface area contributed by atoms with Gasteiger partial charge in [0, 0.05) is 17.2 Å². The number of nitrogens with zero attached hydrogens (tertiary/aromatic N) is 4. The van der Waals surface area contributed by atoms with Gasteiger partial charge in [-0.1, -0.05) is 51.6 Å². The lowest BCUT2D eigenvalue weighted by Crippen LogP contribution is -2.11. The molecule has 5 nitrogen and oxygen atoms in total. The molecule has 136 valence electrons. The first-order valence-corrected chi connectivity index (χ1v) is 9.14. The van der Waals surface area contributed by atoms with Crippen LogP contribution in [-0.4, -0.2) is 14.8 Å². The maximum absolute atomic E-state index is 9.39. The molecule has 1 saturated carbocycles. The minimum absolute atomic E-state index is 0.241. The minimum Gasteiger partial charge on any atom is -0.421 e. The summed E-state index contributed by atoms with van der Waals surface area (Å²) in [4.78, 5) is 4.31. The van der Waals surface area contributed by atoms with Crippen molar-refractivity contribution in [3.05, 3.63) is 60.3 Å². The lowest BCUT2D eigenvalue weighted by atomic mass is 9.97. The normalized spacial score (nSPS) is 14.1. The fourth-order valence-electron chi connectivity index (χ4n) is 2.97. The van der Waals surface area contributed by atoms with E-state index in [1.54, 1.807) is 10.9 Å². The monoisotopic (exact) mass is 358 g/mol. The second kappa shape index (κ2) is 6.24. The quantitative estimate of drug-likeness (QED) is 0.649. The predicted molar refractivity (Wildman–Crippen MR) is 104 cm³/mol. The third-order valence-electron chi connectivity index (χ3n) is 4.78. The SMILES string of the molecule is C=C(c1ccc(-c2ccn(-c3oc(C(C)(C)C)nc3C#N)n2)cc1)C1CC1. The molecule has 0 unspecified atom stereocenters. The Bertz CT molecular complexity index is 1040. The topological polar surface area (TPSA) is 67.6 Å². The second-order valence-corrected chi connectivity index (χ2v) is 8.06. The van der Waals surface area contributed by atoms with E-state index in [0.717, 1.165) is 11.3 Å². The summed E-state index contributed by atoms with van der Waals surface area (Å²) < 4.78 is 7.42. The lowest BCUT2D eigenvalue weighted by molar-refractivity contribution is 0.381. The molecule has 0 saturated heterocycles. The van der Waals surface area contributed by atoms with Crippen LogP contribution in [0.2, 0.25) is 0 Å². The van der Waals surface area contributed by atoms with Crippen molar-refractivity contribution in [3.8, 4) is 23.2 Å². The van der Waals surface area contributed by atoms with E-state index in [4.69, 9.17) is 4.42 Å². The highest BCUT2D eigenvalue weighted by Crippen LogP contribution is 2.41. The summed E-state index contributed by atoms with van der Waals surface area (Å²) in [6.07, 6.45) is 4.29. The molecule has 1 aromatic carbocycles. The Balaban J connectivity index is 1.63.